The first kappa shape index (κ1) is 35.9. The lowest BCUT2D eigenvalue weighted by atomic mass is 9.92. The molecule has 16 heteroatoms. The van der Waals surface area contributed by atoms with Crippen LogP contribution in [0, 0.1) is 5.41 Å². The second-order valence-corrected chi connectivity index (χ2v) is 13.0. The highest BCUT2D eigenvalue weighted by atomic mass is 35.5. The lowest BCUT2D eigenvalue weighted by Crippen LogP contribution is -2.45. The summed E-state index contributed by atoms with van der Waals surface area (Å²) in [5.41, 5.74) is 6.74. The van der Waals surface area contributed by atoms with Crippen molar-refractivity contribution in [3.05, 3.63) is 88.9 Å². The molecular formula is C34H34ClF3N8O4. The van der Waals surface area contributed by atoms with Crippen molar-refractivity contribution in [2.24, 2.45) is 11.1 Å². The zero-order valence-electron chi connectivity index (χ0n) is 27.0. The minimum Gasteiger partial charge on any atom is -0.454 e. The topological polar surface area (TPSA) is 173 Å². The third kappa shape index (κ3) is 9.59. The summed E-state index contributed by atoms with van der Waals surface area (Å²) < 4.78 is 44.0. The predicted octanol–water partition coefficient (Wildman–Crippen LogP) is 5.34. The first-order chi connectivity index (χ1) is 23.6. The second kappa shape index (κ2) is 14.6. The fourth-order valence-corrected chi connectivity index (χ4v) is 5.09. The Kier molecular flexibility index (Phi) is 10.5. The molecule has 1 saturated carbocycles. The molecule has 1 aliphatic rings. The molecule has 1 aliphatic carbocycles. The van der Waals surface area contributed by atoms with Gasteiger partial charge in [-0.3, -0.25) is 14.4 Å². The molecule has 0 unspecified atom stereocenters. The summed E-state index contributed by atoms with van der Waals surface area (Å²) in [6, 6.07) is 20.6. The van der Waals surface area contributed by atoms with Crippen molar-refractivity contribution in [1.82, 2.24) is 25.6 Å². The first-order valence-electron chi connectivity index (χ1n) is 15.4. The Morgan fingerprint density at radius 2 is 1.56 bits per heavy atom. The van der Waals surface area contributed by atoms with E-state index in [-0.39, 0.29) is 25.0 Å². The summed E-state index contributed by atoms with van der Waals surface area (Å²) in [6.07, 6.45) is -3.17. The van der Waals surface area contributed by atoms with E-state index in [9.17, 15) is 27.6 Å². The molecule has 0 saturated heterocycles. The average molecular weight is 711 g/mol. The summed E-state index contributed by atoms with van der Waals surface area (Å²) in [7, 11) is 0. The van der Waals surface area contributed by atoms with Gasteiger partial charge in [-0.2, -0.15) is 28.1 Å². The minimum atomic E-state index is -4.62. The normalized spacial score (nSPS) is 13.6. The Bertz CT molecular complexity index is 1870. The van der Waals surface area contributed by atoms with Gasteiger partial charge in [0.2, 0.25) is 11.9 Å². The minimum absolute atomic E-state index is 0.000962. The summed E-state index contributed by atoms with van der Waals surface area (Å²) in [5.74, 6) is -2.53. The molecule has 0 bridgehead atoms. The van der Waals surface area contributed by atoms with Crippen molar-refractivity contribution in [1.29, 1.82) is 0 Å². The molecule has 1 fully saturated rings. The molecule has 262 valence electrons. The molecular weight excluding hydrogens is 677 g/mol. The SMILES string of the molecule is CC(C)(CNC(=O)C(N)=O)CNC(=O)c1ccc(Nc2nc(NC3(c4ccc(Cl)cc4)CC3)nc(OCC(F)(F)F)n2)cc1-c1ccccc1. The number of hydrogen-bond acceptors (Lipinski definition) is 9. The van der Waals surface area contributed by atoms with Crippen molar-refractivity contribution >= 4 is 46.9 Å². The molecule has 3 aromatic carbocycles. The third-order valence-electron chi connectivity index (χ3n) is 7.76. The molecule has 5 rings (SSSR count). The molecule has 50 heavy (non-hydrogen) atoms. The Morgan fingerprint density at radius 3 is 2.20 bits per heavy atom. The van der Waals surface area contributed by atoms with Crippen LogP contribution in [-0.2, 0) is 15.1 Å². The Morgan fingerprint density at radius 1 is 0.900 bits per heavy atom. The zero-order valence-corrected chi connectivity index (χ0v) is 27.8. The van der Waals surface area contributed by atoms with Crippen molar-refractivity contribution < 1.29 is 32.3 Å². The Labute approximate surface area is 290 Å². The molecule has 0 radical (unpaired) electrons. The van der Waals surface area contributed by atoms with Gasteiger partial charge in [-0.25, -0.2) is 0 Å². The van der Waals surface area contributed by atoms with Gasteiger partial charge >= 0.3 is 24.0 Å². The number of rotatable bonds is 13. The first-order valence-corrected chi connectivity index (χ1v) is 15.8. The number of amides is 3. The van der Waals surface area contributed by atoms with E-state index in [0.717, 1.165) is 18.4 Å². The van der Waals surface area contributed by atoms with E-state index in [1.807, 2.05) is 42.5 Å². The van der Waals surface area contributed by atoms with Gasteiger partial charge in [0.15, 0.2) is 6.61 Å². The monoisotopic (exact) mass is 710 g/mol. The van der Waals surface area contributed by atoms with Crippen molar-refractivity contribution in [2.75, 3.05) is 30.3 Å². The number of anilines is 3. The van der Waals surface area contributed by atoms with Gasteiger partial charge < -0.3 is 31.7 Å². The van der Waals surface area contributed by atoms with Crippen LogP contribution in [-0.4, -0.2) is 58.5 Å². The fraction of sp³-hybridized carbons (Fsp3) is 0.294. The highest BCUT2D eigenvalue weighted by Gasteiger charge is 2.45. The van der Waals surface area contributed by atoms with Gasteiger partial charge in [0.05, 0.1) is 5.54 Å². The van der Waals surface area contributed by atoms with Crippen LogP contribution in [0.2, 0.25) is 5.02 Å². The number of carbonyl (C=O) groups excluding carboxylic acids is 3. The molecule has 3 amide bonds. The van der Waals surface area contributed by atoms with E-state index < -0.39 is 47.5 Å². The molecule has 4 aromatic rings. The van der Waals surface area contributed by atoms with Crippen LogP contribution in [0.4, 0.5) is 30.8 Å². The van der Waals surface area contributed by atoms with Crippen LogP contribution in [0.15, 0.2) is 72.8 Å². The molecule has 0 aliphatic heterocycles. The second-order valence-electron chi connectivity index (χ2n) is 12.5. The van der Waals surface area contributed by atoms with Crippen molar-refractivity contribution in [3.8, 4) is 17.1 Å². The van der Waals surface area contributed by atoms with E-state index >= 15 is 0 Å². The summed E-state index contributed by atoms with van der Waals surface area (Å²) >= 11 is 6.06. The van der Waals surface area contributed by atoms with E-state index in [1.165, 1.54) is 0 Å². The smallest absolute Gasteiger partial charge is 0.422 e. The van der Waals surface area contributed by atoms with Crippen LogP contribution in [0.3, 0.4) is 0 Å². The number of primary amides is 1. The highest BCUT2D eigenvalue weighted by Crippen LogP contribution is 2.48. The highest BCUT2D eigenvalue weighted by molar-refractivity contribution is 6.34. The molecule has 12 nitrogen and oxygen atoms in total. The number of ether oxygens (including phenoxy) is 1. The number of nitrogens with two attached hydrogens (primary N) is 1. The molecule has 1 heterocycles. The largest absolute Gasteiger partial charge is 0.454 e. The van der Waals surface area contributed by atoms with Gasteiger partial charge in [0.25, 0.3) is 5.91 Å². The van der Waals surface area contributed by atoms with E-state index in [4.69, 9.17) is 22.1 Å². The van der Waals surface area contributed by atoms with E-state index in [1.54, 1.807) is 44.2 Å². The Hall–Kier alpha value is -5.44. The maximum Gasteiger partial charge on any atom is 0.422 e. The lowest BCUT2D eigenvalue weighted by Gasteiger charge is -2.25. The maximum atomic E-state index is 13.5. The van der Waals surface area contributed by atoms with Crippen LogP contribution in [0.25, 0.3) is 11.1 Å². The number of nitrogens with zero attached hydrogens (tertiary/aromatic N) is 3. The van der Waals surface area contributed by atoms with Crippen molar-refractivity contribution in [2.45, 2.75) is 38.4 Å². The van der Waals surface area contributed by atoms with Crippen LogP contribution in [0.5, 0.6) is 6.01 Å². The van der Waals surface area contributed by atoms with Gasteiger partial charge in [0, 0.05) is 29.4 Å². The zero-order chi connectivity index (χ0) is 36.1. The lowest BCUT2D eigenvalue weighted by molar-refractivity contribution is -0.154. The standard InChI is InChI=1S/C34H34ClF3N8O4/c1-32(2,18-41-28(49)26(39)47)17-40-27(48)24-13-12-23(16-25(24)20-6-4-3-5-7-20)42-29-43-30(45-31(44-29)50-19-34(36,37)38)46-33(14-15-33)21-8-10-22(35)11-9-21/h3-13,16H,14-15,17-19H2,1-2H3,(H2,39,47)(H,40,48)(H,41,49)(H2,42,43,44,45,46). The third-order valence-corrected chi connectivity index (χ3v) is 8.01. The number of nitrogens with one attached hydrogen (secondary N) is 4. The predicted molar refractivity (Wildman–Crippen MR) is 181 cm³/mol. The number of benzene rings is 3. The number of alkyl halides is 3. The maximum absolute atomic E-state index is 13.5. The fourth-order valence-electron chi connectivity index (χ4n) is 4.96. The average Bonchev–Trinajstić information content (AvgIpc) is 3.85. The van der Waals surface area contributed by atoms with Crippen LogP contribution < -0.4 is 31.7 Å². The number of aromatic nitrogens is 3. The van der Waals surface area contributed by atoms with Gasteiger partial charge in [-0.15, -0.1) is 0 Å². The molecule has 0 spiro atoms. The molecule has 0 atom stereocenters. The van der Waals surface area contributed by atoms with E-state index in [2.05, 4.69) is 36.2 Å². The van der Waals surface area contributed by atoms with Gasteiger partial charge in [-0.1, -0.05) is 67.9 Å². The summed E-state index contributed by atoms with van der Waals surface area (Å²) in [5, 5.41) is 12.1. The molecule has 6 N–H and O–H groups in total. The molecule has 1 aromatic heterocycles. The van der Waals surface area contributed by atoms with Gasteiger partial charge in [0.1, 0.15) is 0 Å². The van der Waals surface area contributed by atoms with E-state index in [0.29, 0.717) is 27.4 Å². The number of hydrogen-bond donors (Lipinski definition) is 5. The van der Waals surface area contributed by atoms with Crippen LogP contribution in [0.1, 0.15) is 42.6 Å². The summed E-state index contributed by atoms with van der Waals surface area (Å²) in [6.45, 7) is 2.23. The van der Waals surface area contributed by atoms with Gasteiger partial charge in [-0.05, 0) is 65.3 Å². The summed E-state index contributed by atoms with van der Waals surface area (Å²) in [4.78, 5) is 48.7. The van der Waals surface area contributed by atoms with Crippen molar-refractivity contribution in [3.63, 3.8) is 0 Å². The number of carbonyl (C=O) groups is 3. The number of halogens is 4. The quantitative estimate of drug-likeness (QED) is 0.115. The van der Waals surface area contributed by atoms with Crippen LogP contribution >= 0.6 is 11.6 Å². The Balaban J connectivity index is 1.40.